The number of carbonyl (C=O) groups excluding carboxylic acids is 1. The standard InChI is InChI=1S/C13H14BrF2NO/c1-17(7-8-4-10(14)5-8)13(18)9-2-3-11(15)12(16)6-9/h2-3,6,8,10H,4-5,7H2,1H3. The third kappa shape index (κ3) is 2.88. The SMILES string of the molecule is CN(CC1CC(Br)C1)C(=O)c1ccc(F)c(F)c1. The lowest BCUT2D eigenvalue weighted by atomic mass is 9.85. The van der Waals surface area contributed by atoms with E-state index in [4.69, 9.17) is 0 Å². The van der Waals surface area contributed by atoms with E-state index in [2.05, 4.69) is 15.9 Å². The third-order valence-electron chi connectivity index (χ3n) is 3.22. The zero-order valence-electron chi connectivity index (χ0n) is 10.00. The minimum absolute atomic E-state index is 0.186. The summed E-state index contributed by atoms with van der Waals surface area (Å²) in [5, 5.41) is 0. The number of benzene rings is 1. The summed E-state index contributed by atoms with van der Waals surface area (Å²) in [7, 11) is 1.69. The third-order valence-corrected chi connectivity index (χ3v) is 3.97. The second-order valence-electron chi connectivity index (χ2n) is 4.75. The van der Waals surface area contributed by atoms with Gasteiger partial charge in [0, 0.05) is 24.0 Å². The molecule has 0 aromatic heterocycles. The Morgan fingerprint density at radius 2 is 2.06 bits per heavy atom. The molecule has 98 valence electrons. The van der Waals surface area contributed by atoms with Gasteiger partial charge >= 0.3 is 0 Å². The fraction of sp³-hybridized carbons (Fsp3) is 0.462. The summed E-state index contributed by atoms with van der Waals surface area (Å²) in [5.74, 6) is -1.70. The van der Waals surface area contributed by atoms with Gasteiger partial charge in [0.15, 0.2) is 11.6 Å². The summed E-state index contributed by atoms with van der Waals surface area (Å²) >= 11 is 3.50. The van der Waals surface area contributed by atoms with E-state index in [1.54, 1.807) is 11.9 Å². The number of rotatable bonds is 3. The summed E-state index contributed by atoms with van der Waals surface area (Å²) in [6.45, 7) is 0.653. The first-order valence-corrected chi connectivity index (χ1v) is 6.73. The van der Waals surface area contributed by atoms with Gasteiger partial charge in [-0.15, -0.1) is 0 Å². The number of carbonyl (C=O) groups is 1. The zero-order valence-corrected chi connectivity index (χ0v) is 11.6. The molecule has 0 unspecified atom stereocenters. The molecule has 0 bridgehead atoms. The highest BCUT2D eigenvalue weighted by Gasteiger charge is 2.29. The Balaban J connectivity index is 1.99. The molecule has 0 spiro atoms. The Kier molecular flexibility index (Phi) is 4.00. The molecule has 0 N–H and O–H groups in total. The van der Waals surface area contributed by atoms with Gasteiger partial charge in [0.2, 0.25) is 0 Å². The van der Waals surface area contributed by atoms with Crippen molar-refractivity contribution < 1.29 is 13.6 Å². The van der Waals surface area contributed by atoms with Crippen LogP contribution in [0.1, 0.15) is 23.2 Å². The molecule has 0 radical (unpaired) electrons. The highest BCUT2D eigenvalue weighted by Crippen LogP contribution is 2.33. The maximum Gasteiger partial charge on any atom is 0.253 e. The Labute approximate surface area is 113 Å². The Bertz CT molecular complexity index is 460. The molecular weight excluding hydrogens is 304 g/mol. The molecule has 0 atom stereocenters. The van der Waals surface area contributed by atoms with Crippen LogP contribution in [-0.4, -0.2) is 29.2 Å². The van der Waals surface area contributed by atoms with Gasteiger partial charge in [-0.2, -0.15) is 0 Å². The van der Waals surface area contributed by atoms with E-state index in [-0.39, 0.29) is 11.5 Å². The van der Waals surface area contributed by atoms with Crippen molar-refractivity contribution in [3.63, 3.8) is 0 Å². The van der Waals surface area contributed by atoms with E-state index in [0.717, 1.165) is 25.0 Å². The van der Waals surface area contributed by atoms with E-state index in [1.165, 1.54) is 6.07 Å². The van der Waals surface area contributed by atoms with Gasteiger partial charge in [0.1, 0.15) is 0 Å². The molecule has 2 rings (SSSR count). The van der Waals surface area contributed by atoms with Crippen LogP contribution in [0.25, 0.3) is 0 Å². The predicted molar refractivity (Wildman–Crippen MR) is 68.8 cm³/mol. The Morgan fingerprint density at radius 3 is 2.61 bits per heavy atom. The lowest BCUT2D eigenvalue weighted by molar-refractivity contribution is 0.0748. The van der Waals surface area contributed by atoms with Crippen molar-refractivity contribution in [3.8, 4) is 0 Å². The minimum atomic E-state index is -0.988. The summed E-state index contributed by atoms with van der Waals surface area (Å²) < 4.78 is 25.8. The fourth-order valence-corrected chi connectivity index (χ4v) is 3.18. The smallest absolute Gasteiger partial charge is 0.253 e. The fourth-order valence-electron chi connectivity index (χ4n) is 2.12. The maximum atomic E-state index is 13.0. The average molecular weight is 318 g/mol. The molecule has 1 fully saturated rings. The second-order valence-corrected chi connectivity index (χ2v) is 6.04. The molecule has 18 heavy (non-hydrogen) atoms. The normalized spacial score (nSPS) is 22.4. The molecule has 1 aliphatic carbocycles. The van der Waals surface area contributed by atoms with Crippen molar-refractivity contribution in [2.24, 2.45) is 5.92 Å². The van der Waals surface area contributed by atoms with Crippen LogP contribution in [0.4, 0.5) is 8.78 Å². The largest absolute Gasteiger partial charge is 0.341 e. The molecular formula is C13H14BrF2NO. The van der Waals surface area contributed by atoms with Crippen LogP contribution in [0.15, 0.2) is 18.2 Å². The van der Waals surface area contributed by atoms with Crippen LogP contribution in [0.3, 0.4) is 0 Å². The first-order valence-electron chi connectivity index (χ1n) is 5.82. The van der Waals surface area contributed by atoms with Crippen LogP contribution in [0, 0.1) is 17.6 Å². The molecule has 0 heterocycles. The van der Waals surface area contributed by atoms with Crippen LogP contribution >= 0.6 is 15.9 Å². The topological polar surface area (TPSA) is 20.3 Å². The van der Waals surface area contributed by atoms with Crippen molar-refractivity contribution >= 4 is 21.8 Å². The Hall–Kier alpha value is -0.970. The lowest BCUT2D eigenvalue weighted by Gasteiger charge is -2.34. The van der Waals surface area contributed by atoms with E-state index < -0.39 is 11.6 Å². The molecule has 0 aliphatic heterocycles. The highest BCUT2D eigenvalue weighted by molar-refractivity contribution is 9.09. The molecule has 1 aliphatic rings. The van der Waals surface area contributed by atoms with Crippen LogP contribution in [0.2, 0.25) is 0 Å². The van der Waals surface area contributed by atoms with Crippen LogP contribution in [0.5, 0.6) is 0 Å². The minimum Gasteiger partial charge on any atom is -0.341 e. The first-order chi connectivity index (χ1) is 8.47. The molecule has 1 aromatic carbocycles. The van der Waals surface area contributed by atoms with Gasteiger partial charge in [-0.1, -0.05) is 15.9 Å². The van der Waals surface area contributed by atoms with Crippen molar-refractivity contribution in [1.29, 1.82) is 0 Å². The van der Waals surface area contributed by atoms with Crippen molar-refractivity contribution in [2.45, 2.75) is 17.7 Å². The monoisotopic (exact) mass is 317 g/mol. The van der Waals surface area contributed by atoms with E-state index in [9.17, 15) is 13.6 Å². The number of amides is 1. The van der Waals surface area contributed by atoms with Gasteiger partial charge in [0.25, 0.3) is 5.91 Å². The lowest BCUT2D eigenvalue weighted by Crippen LogP contribution is -2.37. The molecule has 0 saturated heterocycles. The number of hydrogen-bond acceptors (Lipinski definition) is 1. The van der Waals surface area contributed by atoms with Crippen LogP contribution in [-0.2, 0) is 0 Å². The average Bonchev–Trinajstić information content (AvgIpc) is 2.29. The number of nitrogens with zero attached hydrogens (tertiary/aromatic N) is 1. The van der Waals surface area contributed by atoms with Crippen LogP contribution < -0.4 is 0 Å². The number of halogens is 3. The number of alkyl halides is 1. The van der Waals surface area contributed by atoms with Crippen molar-refractivity contribution in [3.05, 3.63) is 35.4 Å². The van der Waals surface area contributed by atoms with Gasteiger partial charge in [-0.05, 0) is 37.0 Å². The van der Waals surface area contributed by atoms with Gasteiger partial charge in [-0.25, -0.2) is 8.78 Å². The maximum absolute atomic E-state index is 13.0. The van der Waals surface area contributed by atoms with E-state index >= 15 is 0 Å². The van der Waals surface area contributed by atoms with Gasteiger partial charge in [-0.3, -0.25) is 4.79 Å². The molecule has 5 heteroatoms. The highest BCUT2D eigenvalue weighted by atomic mass is 79.9. The zero-order chi connectivity index (χ0) is 13.3. The van der Waals surface area contributed by atoms with Crippen molar-refractivity contribution in [2.75, 3.05) is 13.6 Å². The second kappa shape index (κ2) is 5.34. The van der Waals surface area contributed by atoms with E-state index in [1.807, 2.05) is 0 Å². The molecule has 1 aromatic rings. The number of hydrogen-bond donors (Lipinski definition) is 0. The molecule has 1 amide bonds. The first kappa shape index (κ1) is 13.5. The van der Waals surface area contributed by atoms with Crippen molar-refractivity contribution in [1.82, 2.24) is 4.90 Å². The summed E-state index contributed by atoms with van der Waals surface area (Å²) in [6, 6.07) is 3.24. The molecule has 2 nitrogen and oxygen atoms in total. The predicted octanol–water partition coefficient (Wildman–Crippen LogP) is 3.21. The summed E-state index contributed by atoms with van der Waals surface area (Å²) in [6.07, 6.45) is 2.10. The van der Waals surface area contributed by atoms with Gasteiger partial charge in [0.05, 0.1) is 0 Å². The van der Waals surface area contributed by atoms with E-state index in [0.29, 0.717) is 17.3 Å². The Morgan fingerprint density at radius 1 is 1.39 bits per heavy atom. The molecule has 1 saturated carbocycles. The quantitative estimate of drug-likeness (QED) is 0.784. The summed E-state index contributed by atoms with van der Waals surface area (Å²) in [5.41, 5.74) is 0.186. The summed E-state index contributed by atoms with van der Waals surface area (Å²) in [4.78, 5) is 14.1. The van der Waals surface area contributed by atoms with Gasteiger partial charge < -0.3 is 4.90 Å².